The van der Waals surface area contributed by atoms with Crippen molar-refractivity contribution in [3.8, 4) is 11.5 Å². The number of halogens is 1. The Hall–Kier alpha value is -2.87. The Morgan fingerprint density at radius 2 is 1.70 bits per heavy atom. The predicted molar refractivity (Wildman–Crippen MR) is 121 cm³/mol. The van der Waals surface area contributed by atoms with E-state index in [1.54, 1.807) is 12.1 Å². The van der Waals surface area contributed by atoms with E-state index >= 15 is 0 Å². The molecule has 2 N–H and O–H groups in total. The van der Waals surface area contributed by atoms with Crippen LogP contribution < -0.4 is 5.56 Å². The van der Waals surface area contributed by atoms with E-state index in [1.165, 1.54) is 34.4 Å². The maximum atomic E-state index is 13.3. The molecule has 1 aromatic heterocycles. The first-order valence-corrected chi connectivity index (χ1v) is 11.9. The summed E-state index contributed by atoms with van der Waals surface area (Å²) in [6.07, 6.45) is 6.07. The molecular formula is C25H30FN3O4. The van der Waals surface area contributed by atoms with Crippen LogP contribution in [-0.2, 0) is 19.5 Å². The van der Waals surface area contributed by atoms with Gasteiger partial charge in [0.2, 0.25) is 0 Å². The van der Waals surface area contributed by atoms with Gasteiger partial charge in [0.1, 0.15) is 5.82 Å². The number of carbonyl (C=O) groups excluding carboxylic acids is 1. The lowest BCUT2D eigenvalue weighted by Crippen LogP contribution is -2.46. The molecule has 0 spiro atoms. The minimum Gasteiger partial charge on any atom is -0.504 e. The van der Waals surface area contributed by atoms with Gasteiger partial charge in [0.15, 0.2) is 17.2 Å². The van der Waals surface area contributed by atoms with Gasteiger partial charge in [0.05, 0.1) is 5.56 Å². The number of pyridine rings is 1. The molecule has 3 heterocycles. The highest BCUT2D eigenvalue weighted by Crippen LogP contribution is 2.36. The minimum atomic E-state index is -0.525. The van der Waals surface area contributed by atoms with E-state index in [4.69, 9.17) is 0 Å². The number of rotatable bonds is 6. The number of nitrogens with zero attached hydrogens (tertiary/aromatic N) is 3. The zero-order chi connectivity index (χ0) is 23.1. The van der Waals surface area contributed by atoms with E-state index in [0.29, 0.717) is 13.0 Å². The molecule has 1 amide bonds. The third kappa shape index (κ3) is 4.36. The van der Waals surface area contributed by atoms with Crippen LogP contribution in [0.3, 0.4) is 0 Å². The van der Waals surface area contributed by atoms with E-state index in [2.05, 4.69) is 4.90 Å². The molecule has 1 atom stereocenters. The Balaban J connectivity index is 1.40. The lowest BCUT2D eigenvalue weighted by atomic mass is 9.94. The van der Waals surface area contributed by atoms with Crippen LogP contribution in [0.15, 0.2) is 29.1 Å². The summed E-state index contributed by atoms with van der Waals surface area (Å²) in [5.74, 6) is -1.13. The number of benzene rings is 1. The number of carbonyl (C=O) groups is 1. The van der Waals surface area contributed by atoms with Crippen LogP contribution >= 0.6 is 0 Å². The average Bonchev–Trinajstić information content (AvgIpc) is 3.63. The molecule has 5 rings (SSSR count). The summed E-state index contributed by atoms with van der Waals surface area (Å²) < 4.78 is 14.5. The van der Waals surface area contributed by atoms with Gasteiger partial charge in [-0.25, -0.2) is 4.39 Å². The zero-order valence-corrected chi connectivity index (χ0v) is 18.7. The van der Waals surface area contributed by atoms with E-state index in [9.17, 15) is 24.2 Å². The van der Waals surface area contributed by atoms with Crippen molar-refractivity contribution in [1.29, 1.82) is 0 Å². The van der Waals surface area contributed by atoms with Crippen LogP contribution in [0.1, 0.15) is 53.7 Å². The molecule has 0 bridgehead atoms. The highest BCUT2D eigenvalue weighted by atomic mass is 19.1. The largest absolute Gasteiger partial charge is 0.504 e. The molecule has 2 fully saturated rings. The summed E-state index contributed by atoms with van der Waals surface area (Å²) in [4.78, 5) is 30.3. The normalized spacial score (nSPS) is 21.3. The van der Waals surface area contributed by atoms with E-state index in [1.807, 2.05) is 0 Å². The molecule has 8 heteroatoms. The lowest BCUT2D eigenvalue weighted by Gasteiger charge is -2.36. The monoisotopic (exact) mass is 455 g/mol. The Kier molecular flexibility index (Phi) is 5.86. The number of aromatic hydroxyl groups is 2. The number of fused-ring (bicyclic) bond motifs is 1. The molecule has 1 unspecified atom stereocenters. The summed E-state index contributed by atoms with van der Waals surface area (Å²) in [6, 6.07) is 6.01. The molecule has 33 heavy (non-hydrogen) atoms. The molecule has 1 saturated heterocycles. The van der Waals surface area contributed by atoms with Gasteiger partial charge in [-0.15, -0.1) is 0 Å². The molecule has 7 nitrogen and oxygen atoms in total. The molecule has 2 aromatic rings. The number of piperidine rings is 1. The van der Waals surface area contributed by atoms with Gasteiger partial charge in [-0.3, -0.25) is 19.1 Å². The van der Waals surface area contributed by atoms with Crippen molar-refractivity contribution in [2.24, 2.45) is 5.92 Å². The van der Waals surface area contributed by atoms with Gasteiger partial charge in [-0.1, -0.05) is 18.6 Å². The second kappa shape index (κ2) is 8.82. The van der Waals surface area contributed by atoms with Crippen molar-refractivity contribution >= 4 is 5.91 Å². The maximum Gasteiger partial charge on any atom is 0.274 e. The third-order valence-electron chi connectivity index (χ3n) is 7.26. The summed E-state index contributed by atoms with van der Waals surface area (Å²) in [5, 5.41) is 21.5. The number of likely N-dealkylation sites (tertiary alicyclic amines) is 1. The Bertz CT molecular complexity index is 1110. The Labute approximate surface area is 192 Å². The topological polar surface area (TPSA) is 86.0 Å². The molecule has 3 aliphatic rings. The number of aromatic nitrogens is 1. The van der Waals surface area contributed by atoms with Crippen molar-refractivity contribution in [1.82, 2.24) is 14.4 Å². The Morgan fingerprint density at radius 3 is 2.42 bits per heavy atom. The van der Waals surface area contributed by atoms with Crippen molar-refractivity contribution in [3.63, 3.8) is 0 Å². The van der Waals surface area contributed by atoms with Gasteiger partial charge in [0, 0.05) is 32.2 Å². The fourth-order valence-electron chi connectivity index (χ4n) is 5.20. The first-order chi connectivity index (χ1) is 15.9. The fourth-order valence-corrected chi connectivity index (χ4v) is 5.20. The summed E-state index contributed by atoms with van der Waals surface area (Å²) in [7, 11) is 0. The first kappa shape index (κ1) is 21.9. The van der Waals surface area contributed by atoms with E-state index in [-0.39, 0.29) is 36.2 Å². The van der Waals surface area contributed by atoms with Crippen molar-refractivity contribution < 1.29 is 19.4 Å². The van der Waals surface area contributed by atoms with Gasteiger partial charge in [-0.2, -0.15) is 0 Å². The van der Waals surface area contributed by atoms with Gasteiger partial charge >= 0.3 is 0 Å². The van der Waals surface area contributed by atoms with Gasteiger partial charge in [0.25, 0.3) is 11.5 Å². The number of hydrogen-bond acceptors (Lipinski definition) is 5. The van der Waals surface area contributed by atoms with Crippen LogP contribution in [0.4, 0.5) is 4.39 Å². The van der Waals surface area contributed by atoms with Gasteiger partial charge in [-0.05, 0) is 62.3 Å². The zero-order valence-electron chi connectivity index (χ0n) is 18.7. The van der Waals surface area contributed by atoms with E-state index in [0.717, 1.165) is 43.8 Å². The maximum absolute atomic E-state index is 13.3. The van der Waals surface area contributed by atoms with E-state index < -0.39 is 23.0 Å². The van der Waals surface area contributed by atoms with Crippen LogP contribution in [0, 0.1) is 11.7 Å². The smallest absolute Gasteiger partial charge is 0.274 e. The average molecular weight is 456 g/mol. The molecule has 176 valence electrons. The summed E-state index contributed by atoms with van der Waals surface area (Å²) in [5.41, 5.74) is 0.373. The number of amides is 1. The highest BCUT2D eigenvalue weighted by Gasteiger charge is 2.35. The molecule has 0 radical (unpaired) electrons. The van der Waals surface area contributed by atoms with Crippen molar-refractivity contribution in [2.75, 3.05) is 19.6 Å². The fraction of sp³-hybridized carbons (Fsp3) is 0.520. The van der Waals surface area contributed by atoms with Crippen molar-refractivity contribution in [3.05, 3.63) is 57.3 Å². The Morgan fingerprint density at radius 1 is 0.939 bits per heavy atom. The second-order valence-corrected chi connectivity index (χ2v) is 9.63. The molecule has 1 aliphatic carbocycles. The first-order valence-electron chi connectivity index (χ1n) is 11.9. The van der Waals surface area contributed by atoms with Crippen LogP contribution in [0.25, 0.3) is 0 Å². The third-order valence-corrected chi connectivity index (χ3v) is 7.26. The molecular weight excluding hydrogens is 425 g/mol. The SMILES string of the molecule is O=C1c2c(O)c(O)c(CC3CCCCN3CC3CC3)c(=O)n2CCN1Cc1ccc(F)cc1. The summed E-state index contributed by atoms with van der Waals surface area (Å²) in [6.45, 7) is 2.79. The van der Waals surface area contributed by atoms with Crippen LogP contribution in [-0.4, -0.2) is 56.2 Å². The highest BCUT2D eigenvalue weighted by molar-refractivity contribution is 5.96. The van der Waals surface area contributed by atoms with Crippen LogP contribution in [0.2, 0.25) is 0 Å². The van der Waals surface area contributed by atoms with Crippen LogP contribution in [0.5, 0.6) is 11.5 Å². The van der Waals surface area contributed by atoms with Crippen molar-refractivity contribution in [2.45, 2.75) is 57.7 Å². The quantitative estimate of drug-likeness (QED) is 0.700. The predicted octanol–water partition coefficient (Wildman–Crippen LogP) is 2.86. The molecule has 1 aromatic carbocycles. The standard InChI is InChI=1S/C25H30FN3O4/c26-18-8-6-17(7-9-18)15-28-11-12-29-21(25(28)33)23(31)22(30)20(24(29)32)13-19-3-1-2-10-27(19)14-16-4-5-16/h6-9,16,19,30-31H,1-5,10-15H2. The lowest BCUT2D eigenvalue weighted by molar-refractivity contribution is 0.0679. The molecule has 2 aliphatic heterocycles. The second-order valence-electron chi connectivity index (χ2n) is 9.63. The number of hydrogen-bond donors (Lipinski definition) is 2. The van der Waals surface area contributed by atoms with Gasteiger partial charge < -0.3 is 15.1 Å². The summed E-state index contributed by atoms with van der Waals surface area (Å²) >= 11 is 0. The molecule has 1 saturated carbocycles. The minimum absolute atomic E-state index is 0.158.